The second-order valence-electron chi connectivity index (χ2n) is 9.13. The van der Waals surface area contributed by atoms with Crippen LogP contribution in [0.1, 0.15) is 30.9 Å². The Balaban J connectivity index is 1.55. The number of carbonyl (C=O) groups excluding carboxylic acids is 2. The number of hydrogen-bond donors (Lipinski definition) is 1. The van der Waals surface area contributed by atoms with Crippen LogP contribution in [0.4, 0.5) is 24.8 Å². The Morgan fingerprint density at radius 2 is 1.81 bits per heavy atom. The van der Waals surface area contributed by atoms with E-state index in [0.717, 1.165) is 6.07 Å². The summed E-state index contributed by atoms with van der Waals surface area (Å²) in [6, 6.07) is 10.6. The van der Waals surface area contributed by atoms with Gasteiger partial charge in [-0.05, 0) is 36.8 Å². The number of halogens is 4. The molecule has 2 aromatic carbocycles. The van der Waals surface area contributed by atoms with Crippen molar-refractivity contribution in [3.05, 3.63) is 83.4 Å². The van der Waals surface area contributed by atoms with Crippen molar-refractivity contribution in [2.45, 2.75) is 43.3 Å². The molecule has 2 aliphatic rings. The minimum atomic E-state index is -2.85. The Morgan fingerprint density at radius 3 is 2.43 bits per heavy atom. The van der Waals surface area contributed by atoms with Crippen molar-refractivity contribution in [1.29, 1.82) is 0 Å². The number of alkyl halides is 2. The molecule has 192 valence electrons. The summed E-state index contributed by atoms with van der Waals surface area (Å²) in [6.45, 7) is 0.511. The van der Waals surface area contributed by atoms with Gasteiger partial charge in [-0.25, -0.2) is 23.1 Å². The number of nitrogens with zero attached hydrogens (tertiary/aromatic N) is 4. The van der Waals surface area contributed by atoms with Crippen molar-refractivity contribution in [1.82, 2.24) is 15.3 Å². The smallest absolute Gasteiger partial charge is 0.252 e. The molecular weight excluding hydrogens is 507 g/mol. The third-order valence-electron chi connectivity index (χ3n) is 6.58. The first-order valence-electron chi connectivity index (χ1n) is 11.8. The predicted octanol–water partition coefficient (Wildman–Crippen LogP) is 4.54. The number of anilines is 2. The van der Waals surface area contributed by atoms with Crippen LogP contribution < -0.4 is 15.1 Å². The van der Waals surface area contributed by atoms with Gasteiger partial charge < -0.3 is 10.2 Å². The average molecular weight is 530 g/mol. The zero-order valence-corrected chi connectivity index (χ0v) is 20.3. The first-order valence-corrected chi connectivity index (χ1v) is 12.2. The van der Waals surface area contributed by atoms with Crippen LogP contribution in [0.3, 0.4) is 0 Å². The van der Waals surface area contributed by atoms with Gasteiger partial charge in [-0.2, -0.15) is 0 Å². The lowest BCUT2D eigenvalue weighted by atomic mass is 9.87. The van der Waals surface area contributed by atoms with Crippen LogP contribution in [-0.4, -0.2) is 46.3 Å². The van der Waals surface area contributed by atoms with Gasteiger partial charge in [0.05, 0.1) is 0 Å². The number of benzene rings is 2. The quantitative estimate of drug-likeness (QED) is 0.486. The summed E-state index contributed by atoms with van der Waals surface area (Å²) in [6.07, 6.45) is 2.57. The molecule has 7 nitrogen and oxygen atoms in total. The van der Waals surface area contributed by atoms with Crippen LogP contribution in [0.5, 0.6) is 0 Å². The van der Waals surface area contributed by atoms with E-state index in [1.54, 1.807) is 47.6 Å². The average Bonchev–Trinajstić information content (AvgIpc) is 2.82. The van der Waals surface area contributed by atoms with Crippen molar-refractivity contribution in [3.63, 3.8) is 0 Å². The lowest BCUT2D eigenvalue weighted by Gasteiger charge is -2.44. The summed E-state index contributed by atoms with van der Waals surface area (Å²) in [5.74, 6) is -4.29. The van der Waals surface area contributed by atoms with Crippen molar-refractivity contribution < 1.29 is 22.8 Å². The van der Waals surface area contributed by atoms with Gasteiger partial charge in [-0.1, -0.05) is 35.9 Å². The summed E-state index contributed by atoms with van der Waals surface area (Å²) in [4.78, 5) is 39.1. The van der Waals surface area contributed by atoms with E-state index in [0.29, 0.717) is 18.9 Å². The zero-order chi connectivity index (χ0) is 26.2. The van der Waals surface area contributed by atoms with Crippen molar-refractivity contribution >= 4 is 35.1 Å². The molecular formula is C26H23ClF3N5O2. The molecule has 0 spiro atoms. The van der Waals surface area contributed by atoms with E-state index in [2.05, 4.69) is 15.3 Å². The van der Waals surface area contributed by atoms with Crippen LogP contribution >= 0.6 is 11.6 Å². The molecule has 1 saturated carbocycles. The Bertz CT molecular complexity index is 1300. The SMILES string of the molecule is O=C(NC1CC(F)(F)C1)[C@H](c1ccccc1Cl)N(C(=O)C1CCN1c1ncccn1)c1cccc(F)c1. The third kappa shape index (κ3) is 5.11. The van der Waals surface area contributed by atoms with E-state index in [1.807, 2.05) is 0 Å². The molecule has 3 aromatic rings. The van der Waals surface area contributed by atoms with Crippen molar-refractivity contribution in [2.75, 3.05) is 16.3 Å². The van der Waals surface area contributed by atoms with Crippen LogP contribution in [0.15, 0.2) is 67.0 Å². The summed E-state index contributed by atoms with van der Waals surface area (Å²) in [5, 5.41) is 2.83. The van der Waals surface area contributed by atoms with Gasteiger partial charge in [-0.15, -0.1) is 0 Å². The van der Waals surface area contributed by atoms with Gasteiger partial charge in [0, 0.05) is 54.1 Å². The fraction of sp³-hybridized carbons (Fsp3) is 0.308. The lowest BCUT2D eigenvalue weighted by molar-refractivity contribution is -0.133. The number of amides is 2. The topological polar surface area (TPSA) is 78.4 Å². The minimum absolute atomic E-state index is 0.129. The van der Waals surface area contributed by atoms with Gasteiger partial charge in [0.25, 0.3) is 11.8 Å². The van der Waals surface area contributed by atoms with E-state index >= 15 is 0 Å². The van der Waals surface area contributed by atoms with Crippen LogP contribution in [0, 0.1) is 5.82 Å². The highest BCUT2D eigenvalue weighted by Crippen LogP contribution is 2.39. The summed E-state index contributed by atoms with van der Waals surface area (Å²) in [7, 11) is 0. The molecule has 5 rings (SSSR count). The summed E-state index contributed by atoms with van der Waals surface area (Å²) < 4.78 is 41.3. The van der Waals surface area contributed by atoms with Crippen LogP contribution in [0.25, 0.3) is 0 Å². The minimum Gasteiger partial charge on any atom is -0.351 e. The number of hydrogen-bond acceptors (Lipinski definition) is 5. The van der Waals surface area contributed by atoms with Crippen molar-refractivity contribution in [3.8, 4) is 0 Å². The first kappa shape index (κ1) is 25.0. The standard InChI is InChI=1S/C26H23ClF3N5O2/c27-20-8-2-1-7-19(20)22(23(36)33-17-14-26(29,30)15-17)35(18-6-3-5-16(28)13-18)24(37)21-9-12-34(21)25-31-10-4-11-32-25/h1-8,10-11,13,17,21-22H,9,12,14-15H2,(H,33,36)/t21?,22-/m0/s1. The molecule has 2 heterocycles. The largest absolute Gasteiger partial charge is 0.351 e. The Kier molecular flexibility index (Phi) is 6.76. The van der Waals surface area contributed by atoms with E-state index in [-0.39, 0.29) is 16.3 Å². The highest BCUT2D eigenvalue weighted by atomic mass is 35.5. The van der Waals surface area contributed by atoms with Crippen LogP contribution in [0.2, 0.25) is 5.02 Å². The number of carbonyl (C=O) groups is 2. The van der Waals surface area contributed by atoms with Gasteiger partial charge in [-0.3, -0.25) is 14.5 Å². The molecule has 1 N–H and O–H groups in total. The molecule has 1 aliphatic heterocycles. The van der Waals surface area contributed by atoms with Gasteiger partial charge in [0.1, 0.15) is 17.9 Å². The molecule has 2 atom stereocenters. The summed E-state index contributed by atoms with van der Waals surface area (Å²) >= 11 is 6.47. The molecule has 1 aliphatic carbocycles. The van der Waals surface area contributed by atoms with Gasteiger partial charge >= 0.3 is 0 Å². The van der Waals surface area contributed by atoms with Gasteiger partial charge in [0.2, 0.25) is 11.9 Å². The molecule has 2 amide bonds. The molecule has 0 bridgehead atoms. The maximum absolute atomic E-state index is 14.4. The van der Waals surface area contributed by atoms with Crippen molar-refractivity contribution in [2.24, 2.45) is 0 Å². The number of rotatable bonds is 7. The maximum atomic E-state index is 14.4. The Morgan fingerprint density at radius 1 is 1.08 bits per heavy atom. The molecule has 1 aromatic heterocycles. The predicted molar refractivity (Wildman–Crippen MR) is 132 cm³/mol. The molecule has 1 unspecified atom stereocenters. The first-order chi connectivity index (χ1) is 17.7. The Labute approximate surface area is 216 Å². The van der Waals surface area contributed by atoms with E-state index < -0.39 is 54.5 Å². The Hall–Kier alpha value is -3.66. The highest BCUT2D eigenvalue weighted by molar-refractivity contribution is 6.31. The monoisotopic (exact) mass is 529 g/mol. The van der Waals surface area contributed by atoms with E-state index in [4.69, 9.17) is 11.6 Å². The number of nitrogens with one attached hydrogen (secondary N) is 1. The molecule has 0 radical (unpaired) electrons. The molecule has 11 heteroatoms. The highest BCUT2D eigenvalue weighted by Gasteiger charge is 2.48. The fourth-order valence-electron chi connectivity index (χ4n) is 4.65. The van der Waals surface area contributed by atoms with Crippen LogP contribution in [-0.2, 0) is 9.59 Å². The fourth-order valence-corrected chi connectivity index (χ4v) is 4.89. The van der Waals surface area contributed by atoms with E-state index in [9.17, 15) is 22.8 Å². The second kappa shape index (κ2) is 10.0. The zero-order valence-electron chi connectivity index (χ0n) is 19.5. The summed E-state index contributed by atoms with van der Waals surface area (Å²) in [5.41, 5.74) is 0.414. The number of aromatic nitrogens is 2. The third-order valence-corrected chi connectivity index (χ3v) is 6.92. The normalized spacial score (nSPS) is 19.4. The maximum Gasteiger partial charge on any atom is 0.252 e. The molecule has 2 fully saturated rings. The molecule has 1 saturated heterocycles. The van der Waals surface area contributed by atoms with Gasteiger partial charge in [0.15, 0.2) is 0 Å². The van der Waals surface area contributed by atoms with E-state index in [1.165, 1.54) is 23.1 Å². The molecule has 37 heavy (non-hydrogen) atoms. The second-order valence-corrected chi connectivity index (χ2v) is 9.54. The lowest BCUT2D eigenvalue weighted by Crippen LogP contribution is -2.60.